The maximum absolute atomic E-state index is 12.3. The number of aliphatic hydroxyl groups excluding tert-OH is 1. The van der Waals surface area contributed by atoms with Crippen molar-refractivity contribution in [1.82, 2.24) is 10.7 Å². The van der Waals surface area contributed by atoms with Crippen LogP contribution in [-0.2, 0) is 9.59 Å². The fourth-order valence-electron chi connectivity index (χ4n) is 2.99. The molecule has 23 heavy (non-hydrogen) atoms. The molecule has 1 saturated carbocycles. The van der Waals surface area contributed by atoms with Gasteiger partial charge in [-0.1, -0.05) is 6.07 Å². The molecule has 1 aromatic rings. The van der Waals surface area contributed by atoms with Crippen molar-refractivity contribution in [3.63, 3.8) is 0 Å². The molecule has 0 aromatic carbocycles. The van der Waals surface area contributed by atoms with Crippen LogP contribution in [0.2, 0.25) is 0 Å². The van der Waals surface area contributed by atoms with Gasteiger partial charge in [0.05, 0.1) is 12.1 Å². The Hall–Kier alpha value is -1.73. The van der Waals surface area contributed by atoms with Gasteiger partial charge in [0.15, 0.2) is 0 Å². The summed E-state index contributed by atoms with van der Waals surface area (Å²) in [6.45, 7) is 0. The van der Waals surface area contributed by atoms with Gasteiger partial charge in [-0.05, 0) is 43.0 Å². The molecule has 3 rings (SSSR count). The van der Waals surface area contributed by atoms with Crippen molar-refractivity contribution in [3.05, 3.63) is 22.4 Å². The zero-order valence-electron chi connectivity index (χ0n) is 12.8. The molecule has 1 atom stereocenters. The number of aliphatic hydroxyl groups is 1. The number of nitrogens with one attached hydrogen (secondary N) is 2. The lowest BCUT2D eigenvalue weighted by Crippen LogP contribution is -2.41. The Balaban J connectivity index is 1.53. The predicted molar refractivity (Wildman–Crippen MR) is 88.0 cm³/mol. The normalized spacial score (nSPS) is 25.1. The zero-order valence-corrected chi connectivity index (χ0v) is 13.6. The topological polar surface area (TPSA) is 90.8 Å². The van der Waals surface area contributed by atoms with Gasteiger partial charge in [0, 0.05) is 23.4 Å². The van der Waals surface area contributed by atoms with Gasteiger partial charge in [-0.25, -0.2) is 5.43 Å². The number of amides is 2. The highest BCUT2D eigenvalue weighted by atomic mass is 32.1. The lowest BCUT2D eigenvalue weighted by molar-refractivity contribution is -0.123. The SMILES string of the molecule is O=C1CCC(CCC(=O)N[C@@H](c2cccs2)C2CC(O)C2)=NN1. The molecule has 2 amide bonds. The number of rotatable bonds is 6. The molecule has 0 unspecified atom stereocenters. The van der Waals surface area contributed by atoms with Gasteiger partial charge in [0.1, 0.15) is 0 Å². The molecule has 1 aliphatic carbocycles. The number of hydrogen-bond donors (Lipinski definition) is 3. The summed E-state index contributed by atoms with van der Waals surface area (Å²) in [4.78, 5) is 24.5. The van der Waals surface area contributed by atoms with Crippen LogP contribution in [0.1, 0.15) is 49.4 Å². The van der Waals surface area contributed by atoms with Crippen LogP contribution in [0.5, 0.6) is 0 Å². The van der Waals surface area contributed by atoms with Crippen molar-refractivity contribution in [2.75, 3.05) is 0 Å². The van der Waals surface area contributed by atoms with Gasteiger partial charge in [-0.2, -0.15) is 5.10 Å². The highest BCUT2D eigenvalue weighted by molar-refractivity contribution is 7.10. The van der Waals surface area contributed by atoms with Crippen LogP contribution in [-0.4, -0.2) is 28.7 Å². The van der Waals surface area contributed by atoms with Crippen molar-refractivity contribution in [3.8, 4) is 0 Å². The molecule has 1 aromatic heterocycles. The molecule has 0 radical (unpaired) electrons. The van der Waals surface area contributed by atoms with Crippen molar-refractivity contribution in [2.45, 2.75) is 50.7 Å². The van der Waals surface area contributed by atoms with E-state index in [0.29, 0.717) is 31.6 Å². The van der Waals surface area contributed by atoms with E-state index in [9.17, 15) is 14.7 Å². The molecule has 0 spiro atoms. The van der Waals surface area contributed by atoms with E-state index in [4.69, 9.17) is 0 Å². The molecule has 124 valence electrons. The Morgan fingerprint density at radius 3 is 2.91 bits per heavy atom. The standard InChI is InChI=1S/C16H21N3O3S/c20-12-8-10(9-12)16(13-2-1-7-23-13)17-14(21)5-3-11-4-6-15(22)19-18-11/h1-2,7,10,12,16,20H,3-6,8-9H2,(H,17,21)(H,19,22)/t10?,12?,16-/m1/s1. The van der Waals surface area contributed by atoms with Crippen LogP contribution in [0, 0.1) is 5.92 Å². The minimum absolute atomic E-state index is 0.00982. The summed E-state index contributed by atoms with van der Waals surface area (Å²) in [5, 5.41) is 18.6. The Morgan fingerprint density at radius 2 is 2.30 bits per heavy atom. The first kappa shape index (κ1) is 16.1. The quantitative estimate of drug-likeness (QED) is 0.739. The number of carbonyl (C=O) groups excluding carboxylic acids is 2. The monoisotopic (exact) mass is 335 g/mol. The molecular weight excluding hydrogens is 314 g/mol. The number of carbonyl (C=O) groups is 2. The maximum atomic E-state index is 12.3. The highest BCUT2D eigenvalue weighted by Crippen LogP contribution is 2.39. The summed E-state index contributed by atoms with van der Waals surface area (Å²) in [5.74, 6) is 0.225. The summed E-state index contributed by atoms with van der Waals surface area (Å²) >= 11 is 1.63. The fourth-order valence-corrected chi connectivity index (χ4v) is 3.86. The van der Waals surface area contributed by atoms with E-state index in [1.807, 2.05) is 17.5 Å². The average Bonchev–Trinajstić information content (AvgIpc) is 3.03. The summed E-state index contributed by atoms with van der Waals surface area (Å²) in [7, 11) is 0. The van der Waals surface area contributed by atoms with Crippen molar-refractivity contribution in [2.24, 2.45) is 11.0 Å². The molecule has 0 saturated heterocycles. The molecule has 7 heteroatoms. The molecule has 1 fully saturated rings. The van der Waals surface area contributed by atoms with E-state index in [1.165, 1.54) is 0 Å². The second-order valence-electron chi connectivity index (χ2n) is 6.16. The average molecular weight is 335 g/mol. The lowest BCUT2D eigenvalue weighted by Gasteiger charge is -2.37. The molecule has 3 N–H and O–H groups in total. The van der Waals surface area contributed by atoms with E-state index in [-0.39, 0.29) is 24.0 Å². The molecule has 2 heterocycles. The summed E-state index contributed by atoms with van der Waals surface area (Å²) in [6, 6.07) is 3.99. The van der Waals surface area contributed by atoms with Gasteiger partial charge in [0.2, 0.25) is 11.8 Å². The Morgan fingerprint density at radius 1 is 1.48 bits per heavy atom. The first-order valence-corrected chi connectivity index (χ1v) is 8.85. The summed E-state index contributed by atoms with van der Waals surface area (Å²) in [5.41, 5.74) is 3.32. The van der Waals surface area contributed by atoms with Gasteiger partial charge in [0.25, 0.3) is 0 Å². The van der Waals surface area contributed by atoms with Gasteiger partial charge in [-0.3, -0.25) is 9.59 Å². The minimum atomic E-state index is -0.237. The summed E-state index contributed by atoms with van der Waals surface area (Å²) in [6.07, 6.45) is 3.24. The Labute approximate surface area is 139 Å². The molecule has 1 aliphatic heterocycles. The maximum Gasteiger partial charge on any atom is 0.240 e. The Kier molecular flexibility index (Phi) is 5.07. The predicted octanol–water partition coefficient (Wildman–Crippen LogP) is 1.72. The third-order valence-corrected chi connectivity index (χ3v) is 5.36. The van der Waals surface area contributed by atoms with E-state index in [1.54, 1.807) is 11.3 Å². The third-order valence-electron chi connectivity index (χ3n) is 4.41. The van der Waals surface area contributed by atoms with Gasteiger partial charge >= 0.3 is 0 Å². The number of thiophene rings is 1. The lowest BCUT2D eigenvalue weighted by atomic mass is 9.76. The minimum Gasteiger partial charge on any atom is -0.393 e. The van der Waals surface area contributed by atoms with Gasteiger partial charge < -0.3 is 10.4 Å². The van der Waals surface area contributed by atoms with Crippen molar-refractivity contribution in [1.29, 1.82) is 0 Å². The van der Waals surface area contributed by atoms with Crippen LogP contribution in [0.15, 0.2) is 22.6 Å². The zero-order chi connectivity index (χ0) is 16.2. The Bertz CT molecular complexity index is 594. The van der Waals surface area contributed by atoms with Crippen LogP contribution < -0.4 is 10.7 Å². The molecular formula is C16H21N3O3S. The van der Waals surface area contributed by atoms with Crippen LogP contribution in [0.25, 0.3) is 0 Å². The summed E-state index contributed by atoms with van der Waals surface area (Å²) < 4.78 is 0. The fraction of sp³-hybridized carbons (Fsp3) is 0.562. The van der Waals surface area contributed by atoms with Crippen LogP contribution in [0.3, 0.4) is 0 Å². The second kappa shape index (κ2) is 7.23. The van der Waals surface area contributed by atoms with E-state index >= 15 is 0 Å². The van der Waals surface area contributed by atoms with Crippen LogP contribution in [0.4, 0.5) is 0 Å². The molecule has 0 bridgehead atoms. The van der Waals surface area contributed by atoms with E-state index in [2.05, 4.69) is 15.8 Å². The van der Waals surface area contributed by atoms with E-state index < -0.39 is 0 Å². The third kappa shape index (κ3) is 4.17. The van der Waals surface area contributed by atoms with Crippen molar-refractivity contribution >= 4 is 28.9 Å². The van der Waals surface area contributed by atoms with Crippen LogP contribution >= 0.6 is 11.3 Å². The molecule has 2 aliphatic rings. The number of hydrazone groups is 1. The second-order valence-corrected chi connectivity index (χ2v) is 7.14. The van der Waals surface area contributed by atoms with Gasteiger partial charge in [-0.15, -0.1) is 11.3 Å². The van der Waals surface area contributed by atoms with Crippen molar-refractivity contribution < 1.29 is 14.7 Å². The smallest absolute Gasteiger partial charge is 0.240 e. The first-order chi connectivity index (χ1) is 11.1. The number of hydrogen-bond acceptors (Lipinski definition) is 5. The molecule has 6 nitrogen and oxygen atoms in total. The van der Waals surface area contributed by atoms with E-state index in [0.717, 1.165) is 23.4 Å². The number of nitrogens with zero attached hydrogens (tertiary/aromatic N) is 1. The first-order valence-electron chi connectivity index (χ1n) is 7.97. The highest BCUT2D eigenvalue weighted by Gasteiger charge is 2.36. The largest absolute Gasteiger partial charge is 0.393 e.